The van der Waals surface area contributed by atoms with Gasteiger partial charge in [0.15, 0.2) is 11.9 Å². The summed E-state index contributed by atoms with van der Waals surface area (Å²) in [6.45, 7) is 1.01. The van der Waals surface area contributed by atoms with Gasteiger partial charge in [0.25, 0.3) is 0 Å². The molecular weight excluding hydrogens is 240 g/mol. The number of hydrogen-bond acceptors (Lipinski definition) is 5. The Morgan fingerprint density at radius 2 is 1.72 bits per heavy atom. The summed E-state index contributed by atoms with van der Waals surface area (Å²) >= 11 is 0. The Balaban J connectivity index is 2.83. The molecule has 0 spiro atoms. The summed E-state index contributed by atoms with van der Waals surface area (Å²) in [6.07, 6.45) is -3.79. The van der Waals surface area contributed by atoms with Crippen LogP contribution >= 0.6 is 0 Å². The van der Waals surface area contributed by atoms with Crippen LogP contribution in [0, 0.1) is 0 Å². The zero-order valence-electron chi connectivity index (χ0n) is 9.57. The lowest BCUT2D eigenvalue weighted by Gasteiger charge is -2.17. The predicted octanol–water partition coefficient (Wildman–Crippen LogP) is 0.247. The van der Waals surface area contributed by atoms with E-state index in [0.29, 0.717) is 0 Å². The number of hydrogen-bond donors (Lipinski definition) is 2. The minimum absolute atomic E-state index is 0.138. The van der Waals surface area contributed by atoms with Gasteiger partial charge in [0.05, 0.1) is 5.56 Å². The quantitative estimate of drug-likeness (QED) is 0.728. The van der Waals surface area contributed by atoms with E-state index in [9.17, 15) is 19.5 Å². The highest BCUT2D eigenvalue weighted by atomic mass is 16.6. The number of rotatable bonds is 5. The van der Waals surface area contributed by atoms with Crippen LogP contribution in [0.1, 0.15) is 17.3 Å². The van der Waals surface area contributed by atoms with Crippen molar-refractivity contribution in [1.29, 1.82) is 0 Å². The number of aliphatic hydroxyl groups is 1. The third-order valence-corrected chi connectivity index (χ3v) is 2.19. The molecule has 2 N–H and O–H groups in total. The van der Waals surface area contributed by atoms with Gasteiger partial charge < -0.3 is 14.9 Å². The molecule has 0 aliphatic rings. The number of aliphatic carboxylic acids is 1. The standard InChI is InChI=1S/C12H12O6/c1-7(13)9(14)10(11(15)16)18-12(17)8-5-3-2-4-6-8/h2-6,9-10,14H,1H3,(H,15,16)/t9-,10+/m1/s1. The maximum absolute atomic E-state index is 11.6. The molecule has 1 rings (SSSR count). The normalized spacial score (nSPS) is 13.4. The van der Waals surface area contributed by atoms with Crippen molar-refractivity contribution in [2.75, 3.05) is 0 Å². The Labute approximate surface area is 103 Å². The lowest BCUT2D eigenvalue weighted by molar-refractivity contribution is -0.157. The van der Waals surface area contributed by atoms with Crippen LogP contribution < -0.4 is 0 Å². The van der Waals surface area contributed by atoms with Gasteiger partial charge in [-0.3, -0.25) is 4.79 Å². The van der Waals surface area contributed by atoms with Gasteiger partial charge in [0, 0.05) is 0 Å². The van der Waals surface area contributed by atoms with Gasteiger partial charge in [-0.05, 0) is 19.1 Å². The molecular formula is C12H12O6. The summed E-state index contributed by atoms with van der Waals surface area (Å²) in [4.78, 5) is 33.3. The number of benzene rings is 1. The molecule has 1 aromatic carbocycles. The topological polar surface area (TPSA) is 101 Å². The lowest BCUT2D eigenvalue weighted by Crippen LogP contribution is -2.42. The molecule has 1 aromatic rings. The summed E-state index contributed by atoms with van der Waals surface area (Å²) < 4.78 is 4.61. The van der Waals surface area contributed by atoms with Crippen LogP contribution in [-0.4, -0.2) is 40.1 Å². The first-order valence-electron chi connectivity index (χ1n) is 5.11. The SMILES string of the molecule is CC(=O)[C@@H](O)[C@H](OC(=O)c1ccccc1)C(=O)O. The first kappa shape index (κ1) is 13.9. The Morgan fingerprint density at radius 1 is 1.17 bits per heavy atom. The van der Waals surface area contributed by atoms with Crippen molar-refractivity contribution in [1.82, 2.24) is 0 Å². The molecule has 0 saturated carbocycles. The molecule has 6 nitrogen and oxygen atoms in total. The maximum atomic E-state index is 11.6. The summed E-state index contributed by atoms with van der Waals surface area (Å²) in [6, 6.07) is 7.69. The summed E-state index contributed by atoms with van der Waals surface area (Å²) in [5, 5.41) is 18.1. The molecule has 0 fully saturated rings. The highest BCUT2D eigenvalue weighted by Gasteiger charge is 2.33. The van der Waals surface area contributed by atoms with E-state index >= 15 is 0 Å². The van der Waals surface area contributed by atoms with Gasteiger partial charge in [-0.25, -0.2) is 9.59 Å². The zero-order valence-corrected chi connectivity index (χ0v) is 9.57. The van der Waals surface area contributed by atoms with E-state index in [1.165, 1.54) is 12.1 Å². The van der Waals surface area contributed by atoms with Gasteiger partial charge in [-0.1, -0.05) is 18.2 Å². The van der Waals surface area contributed by atoms with Crippen LogP contribution in [0.2, 0.25) is 0 Å². The van der Waals surface area contributed by atoms with Crippen molar-refractivity contribution < 1.29 is 29.3 Å². The van der Waals surface area contributed by atoms with E-state index in [1.54, 1.807) is 18.2 Å². The second kappa shape index (κ2) is 5.92. The van der Waals surface area contributed by atoms with Crippen LogP contribution in [0.3, 0.4) is 0 Å². The monoisotopic (exact) mass is 252 g/mol. The molecule has 0 heterocycles. The van der Waals surface area contributed by atoms with E-state index in [1.807, 2.05) is 0 Å². The van der Waals surface area contributed by atoms with Crippen molar-refractivity contribution >= 4 is 17.7 Å². The van der Waals surface area contributed by atoms with Crippen molar-refractivity contribution in [3.8, 4) is 0 Å². The molecule has 0 aliphatic heterocycles. The molecule has 0 radical (unpaired) electrons. The fraction of sp³-hybridized carbons (Fsp3) is 0.250. The summed E-state index contributed by atoms with van der Waals surface area (Å²) in [5.41, 5.74) is 0.138. The van der Waals surface area contributed by atoms with Crippen LogP contribution in [-0.2, 0) is 14.3 Å². The van der Waals surface area contributed by atoms with E-state index in [2.05, 4.69) is 4.74 Å². The average Bonchev–Trinajstić information content (AvgIpc) is 2.35. The second-order valence-electron chi connectivity index (χ2n) is 3.59. The van der Waals surface area contributed by atoms with Gasteiger partial charge >= 0.3 is 11.9 Å². The molecule has 2 atom stereocenters. The Kier molecular flexibility index (Phi) is 4.56. The largest absolute Gasteiger partial charge is 0.478 e. The number of carbonyl (C=O) groups excluding carboxylic acids is 2. The van der Waals surface area contributed by atoms with Crippen LogP contribution in [0.4, 0.5) is 0 Å². The van der Waals surface area contributed by atoms with E-state index in [-0.39, 0.29) is 5.56 Å². The molecule has 0 aromatic heterocycles. The van der Waals surface area contributed by atoms with Gasteiger partial charge in [0.2, 0.25) is 6.10 Å². The Hall–Kier alpha value is -2.21. The van der Waals surface area contributed by atoms with Crippen LogP contribution in [0.25, 0.3) is 0 Å². The summed E-state index contributed by atoms with van der Waals surface area (Å²) in [5.74, 6) is -3.28. The van der Waals surface area contributed by atoms with Crippen LogP contribution in [0.15, 0.2) is 30.3 Å². The van der Waals surface area contributed by atoms with Gasteiger partial charge in [-0.15, -0.1) is 0 Å². The van der Waals surface area contributed by atoms with Gasteiger partial charge in [0.1, 0.15) is 0 Å². The molecule has 0 unspecified atom stereocenters. The molecule has 18 heavy (non-hydrogen) atoms. The molecule has 0 bridgehead atoms. The predicted molar refractivity (Wildman–Crippen MR) is 60.0 cm³/mol. The molecule has 6 heteroatoms. The number of esters is 1. The lowest BCUT2D eigenvalue weighted by atomic mass is 10.1. The van der Waals surface area contributed by atoms with Crippen molar-refractivity contribution in [2.45, 2.75) is 19.1 Å². The number of carboxylic acid groups (broad SMARTS) is 1. The smallest absolute Gasteiger partial charge is 0.348 e. The first-order chi connectivity index (χ1) is 8.43. The van der Waals surface area contributed by atoms with Crippen molar-refractivity contribution in [3.63, 3.8) is 0 Å². The number of Topliss-reactive ketones (excluding diaryl/α,β-unsaturated/α-hetero) is 1. The van der Waals surface area contributed by atoms with Crippen molar-refractivity contribution in [3.05, 3.63) is 35.9 Å². The minimum Gasteiger partial charge on any atom is -0.478 e. The number of ether oxygens (including phenoxy) is 1. The second-order valence-corrected chi connectivity index (χ2v) is 3.59. The molecule has 0 amide bonds. The first-order valence-corrected chi connectivity index (χ1v) is 5.11. The molecule has 0 aliphatic carbocycles. The fourth-order valence-electron chi connectivity index (χ4n) is 1.22. The Morgan fingerprint density at radius 3 is 2.17 bits per heavy atom. The van der Waals surface area contributed by atoms with Gasteiger partial charge in [-0.2, -0.15) is 0 Å². The molecule has 96 valence electrons. The number of aliphatic hydroxyl groups excluding tert-OH is 1. The number of carboxylic acids is 1. The fourth-order valence-corrected chi connectivity index (χ4v) is 1.22. The summed E-state index contributed by atoms with van der Waals surface area (Å²) in [7, 11) is 0. The highest BCUT2D eigenvalue weighted by molar-refractivity contribution is 5.93. The third kappa shape index (κ3) is 3.39. The van der Waals surface area contributed by atoms with E-state index < -0.39 is 29.9 Å². The third-order valence-electron chi connectivity index (χ3n) is 2.19. The highest BCUT2D eigenvalue weighted by Crippen LogP contribution is 2.08. The van der Waals surface area contributed by atoms with E-state index in [0.717, 1.165) is 6.92 Å². The van der Waals surface area contributed by atoms with E-state index in [4.69, 9.17) is 5.11 Å². The zero-order chi connectivity index (χ0) is 13.7. The Bertz CT molecular complexity index is 453. The number of carbonyl (C=O) groups is 3. The minimum atomic E-state index is -1.91. The van der Waals surface area contributed by atoms with Crippen LogP contribution in [0.5, 0.6) is 0 Å². The van der Waals surface area contributed by atoms with Crippen molar-refractivity contribution in [2.24, 2.45) is 0 Å². The molecule has 0 saturated heterocycles. The number of ketones is 1. The maximum Gasteiger partial charge on any atom is 0.348 e. The average molecular weight is 252 g/mol.